The third-order valence-corrected chi connectivity index (χ3v) is 4.38. The summed E-state index contributed by atoms with van der Waals surface area (Å²) in [4.78, 5) is 13.0. The van der Waals surface area contributed by atoms with Crippen LogP contribution in [-0.4, -0.2) is 28.7 Å². The molecule has 2 aliphatic rings. The van der Waals surface area contributed by atoms with Crippen molar-refractivity contribution in [2.75, 3.05) is 6.54 Å². The summed E-state index contributed by atoms with van der Waals surface area (Å²) < 4.78 is 1.07. The molecule has 0 aromatic heterocycles. The van der Waals surface area contributed by atoms with Crippen LogP contribution in [0, 0.1) is 5.92 Å². The molecule has 1 amide bonds. The van der Waals surface area contributed by atoms with Gasteiger partial charge in [0.25, 0.3) is 0 Å². The molecular formula is C14H16BrNO2. The van der Waals surface area contributed by atoms with Crippen molar-refractivity contribution in [3.63, 3.8) is 0 Å². The molecule has 2 aliphatic carbocycles. The summed E-state index contributed by atoms with van der Waals surface area (Å²) in [5.41, 5.74) is 1.25. The number of amides is 1. The van der Waals surface area contributed by atoms with E-state index in [0.717, 1.165) is 17.4 Å². The van der Waals surface area contributed by atoms with Crippen LogP contribution < -0.4 is 0 Å². The summed E-state index contributed by atoms with van der Waals surface area (Å²) in [6.45, 7) is 0.729. The van der Waals surface area contributed by atoms with Gasteiger partial charge in [-0.15, -0.1) is 0 Å². The van der Waals surface area contributed by atoms with Gasteiger partial charge in [-0.1, -0.05) is 28.1 Å². The summed E-state index contributed by atoms with van der Waals surface area (Å²) in [6.07, 6.45) is 2.60. The maximum absolute atomic E-state index is 11.3. The van der Waals surface area contributed by atoms with E-state index in [4.69, 9.17) is 0 Å². The topological polar surface area (TPSA) is 40.5 Å². The Balaban J connectivity index is 1.67. The highest BCUT2D eigenvalue weighted by atomic mass is 79.9. The van der Waals surface area contributed by atoms with Crippen LogP contribution in [0.4, 0.5) is 4.79 Å². The first-order valence-corrected chi connectivity index (χ1v) is 7.19. The number of carbonyl (C=O) groups is 1. The molecule has 2 fully saturated rings. The smallest absolute Gasteiger partial charge is 0.407 e. The van der Waals surface area contributed by atoms with Crippen molar-refractivity contribution in [1.29, 1.82) is 0 Å². The van der Waals surface area contributed by atoms with Crippen LogP contribution in [0.3, 0.4) is 0 Å². The van der Waals surface area contributed by atoms with Crippen LogP contribution in [0.1, 0.15) is 30.7 Å². The number of rotatable bonds is 4. The highest BCUT2D eigenvalue weighted by Gasteiger charge is 2.46. The maximum atomic E-state index is 11.3. The van der Waals surface area contributed by atoms with Gasteiger partial charge in [0.2, 0.25) is 0 Å². The number of benzene rings is 1. The lowest BCUT2D eigenvalue weighted by Crippen LogP contribution is -2.34. The molecule has 96 valence electrons. The quantitative estimate of drug-likeness (QED) is 0.921. The van der Waals surface area contributed by atoms with Crippen LogP contribution in [0.5, 0.6) is 0 Å². The fourth-order valence-corrected chi connectivity index (χ4v) is 2.79. The highest BCUT2D eigenvalue weighted by Crippen LogP contribution is 2.46. The molecule has 0 radical (unpaired) electrons. The Kier molecular flexibility index (Phi) is 3.06. The zero-order valence-corrected chi connectivity index (χ0v) is 11.6. The van der Waals surface area contributed by atoms with Gasteiger partial charge in [0.1, 0.15) is 0 Å². The Bertz CT molecular complexity index is 455. The molecule has 0 aliphatic heterocycles. The molecule has 0 bridgehead atoms. The van der Waals surface area contributed by atoms with Crippen molar-refractivity contribution >= 4 is 22.0 Å². The van der Waals surface area contributed by atoms with Crippen LogP contribution in [0.2, 0.25) is 0 Å². The average Bonchev–Trinajstić information content (AvgIpc) is 3.21. The summed E-state index contributed by atoms with van der Waals surface area (Å²) in [6, 6.07) is 8.43. The van der Waals surface area contributed by atoms with Crippen LogP contribution in [-0.2, 0) is 0 Å². The predicted molar refractivity (Wildman–Crippen MR) is 72.7 cm³/mol. The normalized spacial score (nSPS) is 25.8. The minimum atomic E-state index is -0.758. The second kappa shape index (κ2) is 4.57. The van der Waals surface area contributed by atoms with E-state index in [-0.39, 0.29) is 6.04 Å². The molecule has 1 N–H and O–H groups in total. The van der Waals surface area contributed by atoms with Crippen molar-refractivity contribution in [3.05, 3.63) is 34.3 Å². The maximum Gasteiger partial charge on any atom is 0.407 e. The largest absolute Gasteiger partial charge is 0.465 e. The molecule has 1 aromatic carbocycles. The Morgan fingerprint density at radius 2 is 2.00 bits per heavy atom. The number of hydrogen-bond donors (Lipinski definition) is 1. The monoisotopic (exact) mass is 309 g/mol. The minimum Gasteiger partial charge on any atom is -0.465 e. The fraction of sp³-hybridized carbons (Fsp3) is 0.500. The molecule has 0 saturated heterocycles. The fourth-order valence-electron chi connectivity index (χ4n) is 2.53. The van der Waals surface area contributed by atoms with E-state index in [2.05, 4.69) is 28.1 Å². The molecule has 2 atom stereocenters. The zero-order chi connectivity index (χ0) is 12.7. The van der Waals surface area contributed by atoms with Gasteiger partial charge in [0.15, 0.2) is 0 Å². The first kappa shape index (κ1) is 12.0. The number of nitrogens with zero attached hydrogens (tertiary/aromatic N) is 1. The van der Waals surface area contributed by atoms with Crippen molar-refractivity contribution in [1.82, 2.24) is 4.90 Å². The molecule has 3 nitrogen and oxygen atoms in total. The van der Waals surface area contributed by atoms with Crippen molar-refractivity contribution in [2.45, 2.75) is 31.2 Å². The van der Waals surface area contributed by atoms with Gasteiger partial charge >= 0.3 is 6.09 Å². The zero-order valence-electron chi connectivity index (χ0n) is 10.1. The molecule has 3 rings (SSSR count). The minimum absolute atomic E-state index is 0.198. The molecule has 1 aromatic rings. The third-order valence-electron chi connectivity index (χ3n) is 3.85. The van der Waals surface area contributed by atoms with E-state index in [9.17, 15) is 9.90 Å². The van der Waals surface area contributed by atoms with E-state index >= 15 is 0 Å². The second-order valence-corrected chi connectivity index (χ2v) is 6.26. The van der Waals surface area contributed by atoms with Gasteiger partial charge in [0.05, 0.1) is 0 Å². The lowest BCUT2D eigenvalue weighted by molar-refractivity contribution is 0.139. The van der Waals surface area contributed by atoms with Crippen molar-refractivity contribution < 1.29 is 9.90 Å². The van der Waals surface area contributed by atoms with E-state index in [0.29, 0.717) is 11.8 Å². The number of hydrogen-bond acceptors (Lipinski definition) is 1. The highest BCUT2D eigenvalue weighted by molar-refractivity contribution is 9.10. The third kappa shape index (κ3) is 2.53. The van der Waals surface area contributed by atoms with Crippen LogP contribution in [0.25, 0.3) is 0 Å². The molecule has 0 unspecified atom stereocenters. The van der Waals surface area contributed by atoms with E-state index < -0.39 is 6.09 Å². The van der Waals surface area contributed by atoms with Crippen molar-refractivity contribution in [2.24, 2.45) is 5.92 Å². The van der Waals surface area contributed by atoms with Crippen LogP contribution >= 0.6 is 15.9 Å². The van der Waals surface area contributed by atoms with Gasteiger partial charge in [-0.05, 0) is 42.9 Å². The molecular weight excluding hydrogens is 294 g/mol. The van der Waals surface area contributed by atoms with Gasteiger partial charge in [0, 0.05) is 23.0 Å². The Labute approximate surface area is 115 Å². The molecule has 2 saturated carbocycles. The lowest BCUT2D eigenvalue weighted by atomic mass is 10.1. The number of carboxylic acid groups (broad SMARTS) is 1. The van der Waals surface area contributed by atoms with E-state index in [1.807, 2.05) is 12.1 Å². The second-order valence-electron chi connectivity index (χ2n) is 5.34. The van der Waals surface area contributed by atoms with Gasteiger partial charge in [-0.25, -0.2) is 4.79 Å². The SMILES string of the molecule is O=C(O)N(CC1CC1)[C@@H]1C[C@H]1c1ccc(Br)cc1. The Morgan fingerprint density at radius 1 is 1.33 bits per heavy atom. The Hall–Kier alpha value is -1.03. The van der Waals surface area contributed by atoms with E-state index in [1.165, 1.54) is 18.4 Å². The van der Waals surface area contributed by atoms with Crippen molar-refractivity contribution in [3.8, 4) is 0 Å². The molecule has 0 heterocycles. The average molecular weight is 310 g/mol. The molecule has 4 heteroatoms. The van der Waals surface area contributed by atoms with Crippen LogP contribution in [0.15, 0.2) is 28.7 Å². The molecule has 0 spiro atoms. The molecule has 18 heavy (non-hydrogen) atoms. The standard InChI is InChI=1S/C14H16BrNO2/c15-11-5-3-10(4-6-11)12-7-13(12)16(14(17)18)8-9-1-2-9/h3-6,9,12-13H,1-2,7-8H2,(H,17,18)/t12-,13+/m0/s1. The summed E-state index contributed by atoms with van der Waals surface area (Å²) >= 11 is 3.42. The summed E-state index contributed by atoms with van der Waals surface area (Å²) in [5, 5.41) is 9.29. The van der Waals surface area contributed by atoms with E-state index in [1.54, 1.807) is 4.90 Å². The lowest BCUT2D eigenvalue weighted by Gasteiger charge is -2.19. The summed E-state index contributed by atoms with van der Waals surface area (Å²) in [7, 11) is 0. The van der Waals surface area contributed by atoms with Gasteiger partial charge < -0.3 is 10.0 Å². The predicted octanol–water partition coefficient (Wildman–Crippen LogP) is 3.70. The Morgan fingerprint density at radius 3 is 2.56 bits per heavy atom. The van der Waals surface area contributed by atoms with Gasteiger partial charge in [-0.2, -0.15) is 0 Å². The first-order chi connectivity index (χ1) is 8.65. The summed E-state index contributed by atoms with van der Waals surface area (Å²) in [5.74, 6) is 1.01. The number of halogens is 1. The van der Waals surface area contributed by atoms with Gasteiger partial charge in [-0.3, -0.25) is 0 Å². The first-order valence-electron chi connectivity index (χ1n) is 6.40.